The molecule has 0 aliphatic carbocycles. The molecule has 0 saturated carbocycles. The molecule has 2 aromatic carbocycles. The number of hydrogen-bond donors (Lipinski definition) is 0. The van der Waals surface area contributed by atoms with Crippen LogP contribution in [0.1, 0.15) is 11.3 Å². The number of pyridine rings is 1. The number of rotatable bonds is 5. The van der Waals surface area contributed by atoms with E-state index in [-0.39, 0.29) is 12.5 Å². The maximum atomic E-state index is 12.6. The van der Waals surface area contributed by atoms with Crippen molar-refractivity contribution in [3.8, 4) is 28.5 Å². The van der Waals surface area contributed by atoms with Crippen LogP contribution in [-0.4, -0.2) is 36.6 Å². The van der Waals surface area contributed by atoms with Crippen LogP contribution in [-0.2, 0) is 17.9 Å². The first-order valence-electron chi connectivity index (χ1n) is 9.44. The highest BCUT2D eigenvalue weighted by molar-refractivity contribution is 6.30. The van der Waals surface area contributed by atoms with E-state index in [0.717, 1.165) is 16.9 Å². The van der Waals surface area contributed by atoms with Crippen LogP contribution in [0.4, 0.5) is 0 Å². The van der Waals surface area contributed by atoms with Crippen LogP contribution in [0.3, 0.4) is 0 Å². The molecule has 6 nitrogen and oxygen atoms in total. The van der Waals surface area contributed by atoms with Gasteiger partial charge in [-0.2, -0.15) is 0 Å². The summed E-state index contributed by atoms with van der Waals surface area (Å²) in [7, 11) is 3.23. The van der Waals surface area contributed by atoms with Crippen molar-refractivity contribution >= 4 is 17.5 Å². The number of carbonyl (C=O) groups excluding carboxylic acids is 1. The van der Waals surface area contributed by atoms with Crippen molar-refractivity contribution in [2.45, 2.75) is 13.1 Å². The van der Waals surface area contributed by atoms with Gasteiger partial charge < -0.3 is 19.1 Å². The number of nitrogens with zero attached hydrogens (tertiary/aromatic N) is 2. The predicted octanol–water partition coefficient (Wildman–Crippen LogP) is 4.34. The number of hydrogen-bond acceptors (Lipinski definition) is 5. The lowest BCUT2D eigenvalue weighted by atomic mass is 10.1. The molecule has 0 spiro atoms. The molecule has 0 atom stereocenters. The van der Waals surface area contributed by atoms with E-state index in [1.165, 1.54) is 0 Å². The molecule has 0 N–H and O–H groups in total. The smallest absolute Gasteiger partial charge is 0.261 e. The maximum absolute atomic E-state index is 12.6. The van der Waals surface area contributed by atoms with Crippen LogP contribution < -0.4 is 14.2 Å². The van der Waals surface area contributed by atoms with E-state index in [4.69, 9.17) is 30.8 Å². The van der Waals surface area contributed by atoms with Gasteiger partial charge in [-0.15, -0.1) is 0 Å². The molecular weight excluding hydrogens is 404 g/mol. The monoisotopic (exact) mass is 424 g/mol. The molecular formula is C23H21ClN2O4. The minimum absolute atomic E-state index is 0.0293. The standard InChI is InChI=1S/C23H21ClN2O4/c1-28-17-5-3-4-15(10-17)12-26-13-20-22(30-14-23(26)27)9-7-19(25-20)18-11-16(24)6-8-21(18)29-2/h3-11H,12-14H2,1-2H3. The summed E-state index contributed by atoms with van der Waals surface area (Å²) in [5.41, 5.74) is 3.14. The van der Waals surface area contributed by atoms with E-state index in [1.807, 2.05) is 42.5 Å². The number of halogens is 1. The molecule has 154 valence electrons. The van der Waals surface area contributed by atoms with Crippen LogP contribution in [0.2, 0.25) is 5.02 Å². The quantitative estimate of drug-likeness (QED) is 0.609. The van der Waals surface area contributed by atoms with Gasteiger partial charge in [-0.25, -0.2) is 4.98 Å². The van der Waals surface area contributed by atoms with Gasteiger partial charge in [0.2, 0.25) is 0 Å². The minimum atomic E-state index is -0.0993. The predicted molar refractivity (Wildman–Crippen MR) is 114 cm³/mol. The topological polar surface area (TPSA) is 60.9 Å². The van der Waals surface area contributed by atoms with Crippen molar-refractivity contribution in [2.75, 3.05) is 20.8 Å². The summed E-state index contributed by atoms with van der Waals surface area (Å²) >= 11 is 6.18. The zero-order valence-electron chi connectivity index (χ0n) is 16.7. The molecule has 30 heavy (non-hydrogen) atoms. The van der Waals surface area contributed by atoms with Gasteiger partial charge in [-0.05, 0) is 48.0 Å². The summed E-state index contributed by atoms with van der Waals surface area (Å²) in [4.78, 5) is 19.1. The Bertz CT molecular complexity index is 1090. The van der Waals surface area contributed by atoms with Crippen molar-refractivity contribution in [3.05, 3.63) is 70.9 Å². The van der Waals surface area contributed by atoms with Gasteiger partial charge in [0.05, 0.1) is 26.5 Å². The van der Waals surface area contributed by atoms with Crippen molar-refractivity contribution in [1.82, 2.24) is 9.88 Å². The number of carbonyl (C=O) groups is 1. The minimum Gasteiger partial charge on any atom is -0.497 e. The normalized spacial score (nSPS) is 13.3. The first-order chi connectivity index (χ1) is 14.6. The van der Waals surface area contributed by atoms with Gasteiger partial charge in [-0.3, -0.25) is 4.79 Å². The van der Waals surface area contributed by atoms with E-state index in [9.17, 15) is 4.79 Å². The van der Waals surface area contributed by atoms with E-state index >= 15 is 0 Å². The molecule has 0 unspecified atom stereocenters. The highest BCUT2D eigenvalue weighted by Gasteiger charge is 2.24. The maximum Gasteiger partial charge on any atom is 0.261 e. The Morgan fingerprint density at radius 3 is 2.77 bits per heavy atom. The molecule has 7 heteroatoms. The average Bonchev–Trinajstić information content (AvgIpc) is 2.92. The second-order valence-corrected chi connectivity index (χ2v) is 7.31. The van der Waals surface area contributed by atoms with E-state index in [1.54, 1.807) is 31.3 Å². The van der Waals surface area contributed by atoms with Crippen LogP contribution >= 0.6 is 11.6 Å². The van der Waals surface area contributed by atoms with E-state index in [2.05, 4.69) is 0 Å². The number of amides is 1. The Morgan fingerprint density at radius 1 is 1.10 bits per heavy atom. The molecule has 1 amide bonds. The Labute approximate surface area is 180 Å². The molecule has 2 heterocycles. The van der Waals surface area contributed by atoms with Gasteiger partial charge in [0, 0.05) is 17.1 Å². The summed E-state index contributed by atoms with van der Waals surface area (Å²) in [5.74, 6) is 1.92. The average molecular weight is 425 g/mol. The number of methoxy groups -OCH3 is 2. The lowest BCUT2D eigenvalue weighted by Crippen LogP contribution is -2.32. The van der Waals surface area contributed by atoms with Gasteiger partial charge in [0.1, 0.15) is 22.9 Å². The fourth-order valence-corrected chi connectivity index (χ4v) is 3.57. The van der Waals surface area contributed by atoms with Gasteiger partial charge >= 0.3 is 0 Å². The van der Waals surface area contributed by atoms with Gasteiger partial charge in [-0.1, -0.05) is 23.7 Å². The Balaban J connectivity index is 1.66. The first-order valence-corrected chi connectivity index (χ1v) is 9.82. The number of benzene rings is 2. The van der Waals surface area contributed by atoms with Crippen molar-refractivity contribution in [3.63, 3.8) is 0 Å². The van der Waals surface area contributed by atoms with E-state index in [0.29, 0.717) is 41.0 Å². The van der Waals surface area contributed by atoms with Crippen LogP contribution in [0, 0.1) is 0 Å². The second-order valence-electron chi connectivity index (χ2n) is 6.88. The van der Waals surface area contributed by atoms with Crippen molar-refractivity contribution < 1.29 is 19.0 Å². The fraction of sp³-hybridized carbons (Fsp3) is 0.217. The summed E-state index contributed by atoms with van der Waals surface area (Å²) in [6.45, 7) is 0.742. The Kier molecular flexibility index (Phi) is 5.77. The SMILES string of the molecule is COc1cccc(CN2Cc3nc(-c4cc(Cl)ccc4OC)ccc3OCC2=O)c1. The summed E-state index contributed by atoms with van der Waals surface area (Å²) in [6.07, 6.45) is 0. The summed E-state index contributed by atoms with van der Waals surface area (Å²) < 4.78 is 16.5. The van der Waals surface area contributed by atoms with Gasteiger partial charge in [0.15, 0.2) is 6.61 Å². The molecule has 0 fully saturated rings. The number of ether oxygens (including phenoxy) is 3. The molecule has 3 aromatic rings. The van der Waals surface area contributed by atoms with E-state index < -0.39 is 0 Å². The number of aromatic nitrogens is 1. The van der Waals surface area contributed by atoms with Crippen molar-refractivity contribution in [2.24, 2.45) is 0 Å². The second kappa shape index (κ2) is 8.63. The third-order valence-electron chi connectivity index (χ3n) is 4.92. The first kappa shape index (κ1) is 20.0. The lowest BCUT2D eigenvalue weighted by molar-refractivity contribution is -0.133. The third-order valence-corrected chi connectivity index (χ3v) is 5.16. The van der Waals surface area contributed by atoms with Gasteiger partial charge in [0.25, 0.3) is 5.91 Å². The van der Waals surface area contributed by atoms with Crippen molar-refractivity contribution in [1.29, 1.82) is 0 Å². The molecule has 0 bridgehead atoms. The van der Waals surface area contributed by atoms with Crippen LogP contribution in [0.5, 0.6) is 17.2 Å². The lowest BCUT2D eigenvalue weighted by Gasteiger charge is -2.20. The zero-order chi connectivity index (χ0) is 21.1. The summed E-state index contributed by atoms with van der Waals surface area (Å²) in [5, 5.41) is 0.591. The third kappa shape index (κ3) is 4.19. The zero-order valence-corrected chi connectivity index (χ0v) is 17.5. The summed E-state index contributed by atoms with van der Waals surface area (Å²) in [6, 6.07) is 16.7. The Hall–Kier alpha value is -3.25. The molecule has 4 rings (SSSR count). The molecule has 1 aromatic heterocycles. The fourth-order valence-electron chi connectivity index (χ4n) is 3.40. The largest absolute Gasteiger partial charge is 0.497 e. The molecule has 0 saturated heterocycles. The highest BCUT2D eigenvalue weighted by atomic mass is 35.5. The number of fused-ring (bicyclic) bond motifs is 1. The van der Waals surface area contributed by atoms with Crippen LogP contribution in [0.15, 0.2) is 54.6 Å². The molecule has 1 aliphatic rings. The van der Waals surface area contributed by atoms with Crippen LogP contribution in [0.25, 0.3) is 11.3 Å². The Morgan fingerprint density at radius 2 is 1.97 bits per heavy atom. The highest BCUT2D eigenvalue weighted by Crippen LogP contribution is 2.34. The molecule has 1 aliphatic heterocycles. The molecule has 0 radical (unpaired) electrons.